The first-order valence-corrected chi connectivity index (χ1v) is 15.1. The fraction of sp³-hybridized carbons (Fsp3) is 0.351. The molecule has 0 aromatic heterocycles. The highest BCUT2D eigenvalue weighted by molar-refractivity contribution is 5.49. The fourth-order valence-corrected chi connectivity index (χ4v) is 6.86. The van der Waals surface area contributed by atoms with Crippen LogP contribution in [0.25, 0.3) is 0 Å². The van der Waals surface area contributed by atoms with Crippen molar-refractivity contribution in [3.05, 3.63) is 143 Å². The molecule has 0 spiro atoms. The summed E-state index contributed by atoms with van der Waals surface area (Å²) in [5, 5.41) is 3.33. The molecule has 4 aliphatic carbocycles. The quantitative estimate of drug-likeness (QED) is 0.217. The zero-order valence-electron chi connectivity index (χ0n) is 23.7. The maximum Gasteiger partial charge on any atom is 0.0328 e. The molecule has 4 unspecified atom stereocenters. The highest BCUT2D eigenvalue weighted by Gasteiger charge is 2.34. The Morgan fingerprint density at radius 3 is 2.52 bits per heavy atom. The lowest BCUT2D eigenvalue weighted by atomic mass is 9.66. The van der Waals surface area contributed by atoms with Crippen LogP contribution in [0.5, 0.6) is 0 Å². The third kappa shape index (κ3) is 6.83. The molecule has 0 aromatic rings. The Balaban J connectivity index is 1.24. The molecular weight excluding hydrogens is 486 g/mol. The summed E-state index contributed by atoms with van der Waals surface area (Å²) in [6.07, 6.45) is 47.1. The van der Waals surface area contributed by atoms with Gasteiger partial charge in [-0.2, -0.15) is 0 Å². The summed E-state index contributed by atoms with van der Waals surface area (Å²) in [5.41, 5.74) is 20.7. The average molecular weight is 532 g/mol. The Morgan fingerprint density at radius 1 is 0.875 bits per heavy atom. The third-order valence-electron chi connectivity index (χ3n) is 8.97. The summed E-state index contributed by atoms with van der Waals surface area (Å²) >= 11 is 0. The molecule has 4 atom stereocenters. The van der Waals surface area contributed by atoms with Crippen LogP contribution in [0.4, 0.5) is 0 Å². The molecule has 0 aromatic carbocycles. The van der Waals surface area contributed by atoms with Gasteiger partial charge in [0, 0.05) is 37.7 Å². The van der Waals surface area contributed by atoms with E-state index in [9.17, 15) is 0 Å². The first-order valence-electron chi connectivity index (χ1n) is 15.1. The largest absolute Gasteiger partial charge is 0.387 e. The minimum Gasteiger partial charge on any atom is -0.387 e. The Kier molecular flexibility index (Phi) is 10.1. The van der Waals surface area contributed by atoms with Gasteiger partial charge in [-0.3, -0.25) is 0 Å². The van der Waals surface area contributed by atoms with E-state index in [4.69, 9.17) is 11.5 Å². The number of fused-ring (bicyclic) bond motifs is 1. The van der Waals surface area contributed by atoms with Crippen LogP contribution < -0.4 is 16.8 Å². The van der Waals surface area contributed by atoms with Crippen molar-refractivity contribution in [2.75, 3.05) is 19.6 Å². The van der Waals surface area contributed by atoms with Crippen LogP contribution in [0.1, 0.15) is 38.5 Å². The first-order chi connectivity index (χ1) is 19.8. The summed E-state index contributed by atoms with van der Waals surface area (Å²) in [4.78, 5) is 0. The molecule has 208 valence electrons. The van der Waals surface area contributed by atoms with Crippen LogP contribution in [-0.2, 0) is 0 Å². The number of nitrogens with one attached hydrogen (secondary N) is 1. The van der Waals surface area contributed by atoms with Crippen molar-refractivity contribution in [1.29, 1.82) is 0 Å². The van der Waals surface area contributed by atoms with Gasteiger partial charge in [0.15, 0.2) is 0 Å². The Bertz CT molecular complexity index is 1280. The summed E-state index contributed by atoms with van der Waals surface area (Å²) in [6, 6.07) is 0. The average Bonchev–Trinajstić information content (AvgIpc) is 3.03. The van der Waals surface area contributed by atoms with Gasteiger partial charge < -0.3 is 16.8 Å². The number of rotatable bonds is 9. The standard InChI is InChI=1S/C37H45N3/c38-24-8-4-2-1-3-5-10-32(26-39)35-23-22-34(36-12-6-7-13-37(35)36)31-20-18-29(19-21-31)28-14-16-30(17-15-28)33-11-9-25-40-27-33/h1-14,16-18,27-28,31,35,37,40H,15,19-26,38-39H2/b2-1+,5-3+,8-4-,32-10+. The van der Waals surface area contributed by atoms with E-state index in [-0.39, 0.29) is 0 Å². The lowest BCUT2D eigenvalue weighted by Gasteiger charge is -2.39. The van der Waals surface area contributed by atoms with Crippen molar-refractivity contribution >= 4 is 0 Å². The van der Waals surface area contributed by atoms with E-state index in [1.807, 2.05) is 24.3 Å². The minimum atomic E-state index is 0.438. The van der Waals surface area contributed by atoms with E-state index in [1.54, 1.807) is 16.7 Å². The molecule has 5 rings (SSSR count). The second-order valence-electron chi connectivity index (χ2n) is 11.3. The molecule has 1 aliphatic heterocycles. The van der Waals surface area contributed by atoms with Gasteiger partial charge in [-0.15, -0.1) is 0 Å². The van der Waals surface area contributed by atoms with Gasteiger partial charge in [-0.25, -0.2) is 0 Å². The van der Waals surface area contributed by atoms with E-state index in [0.29, 0.717) is 36.8 Å². The van der Waals surface area contributed by atoms with Gasteiger partial charge in [-0.1, -0.05) is 120 Å². The van der Waals surface area contributed by atoms with Gasteiger partial charge in [0.1, 0.15) is 0 Å². The van der Waals surface area contributed by atoms with Crippen LogP contribution in [-0.4, -0.2) is 19.6 Å². The minimum absolute atomic E-state index is 0.438. The zero-order valence-corrected chi connectivity index (χ0v) is 23.7. The second kappa shape index (κ2) is 14.3. The molecule has 5 N–H and O–H groups in total. The van der Waals surface area contributed by atoms with Crippen molar-refractivity contribution < 1.29 is 0 Å². The van der Waals surface area contributed by atoms with Crippen LogP contribution in [0.3, 0.4) is 0 Å². The summed E-state index contributed by atoms with van der Waals surface area (Å²) in [6.45, 7) is 2.10. The van der Waals surface area contributed by atoms with Crippen LogP contribution >= 0.6 is 0 Å². The predicted octanol–water partition coefficient (Wildman–Crippen LogP) is 7.22. The van der Waals surface area contributed by atoms with Crippen LogP contribution in [0.2, 0.25) is 0 Å². The van der Waals surface area contributed by atoms with Crippen molar-refractivity contribution in [3.63, 3.8) is 0 Å². The highest BCUT2D eigenvalue weighted by Crippen LogP contribution is 2.47. The molecule has 0 radical (unpaired) electrons. The number of hydrogen-bond acceptors (Lipinski definition) is 3. The molecule has 40 heavy (non-hydrogen) atoms. The predicted molar refractivity (Wildman–Crippen MR) is 171 cm³/mol. The van der Waals surface area contributed by atoms with Gasteiger partial charge in [0.05, 0.1) is 0 Å². The molecule has 0 amide bonds. The smallest absolute Gasteiger partial charge is 0.0328 e. The van der Waals surface area contributed by atoms with E-state index < -0.39 is 0 Å². The molecule has 0 fully saturated rings. The number of nitrogens with two attached hydrogens (primary N) is 2. The Labute approximate surface area is 241 Å². The van der Waals surface area contributed by atoms with E-state index in [0.717, 1.165) is 13.0 Å². The van der Waals surface area contributed by atoms with Crippen LogP contribution in [0, 0.1) is 23.7 Å². The van der Waals surface area contributed by atoms with Crippen LogP contribution in [0.15, 0.2) is 143 Å². The molecule has 0 bridgehead atoms. The van der Waals surface area contributed by atoms with E-state index in [1.165, 1.54) is 48.8 Å². The molecule has 3 nitrogen and oxygen atoms in total. The van der Waals surface area contributed by atoms with Gasteiger partial charge >= 0.3 is 0 Å². The Morgan fingerprint density at radius 2 is 1.77 bits per heavy atom. The maximum absolute atomic E-state index is 6.29. The summed E-state index contributed by atoms with van der Waals surface area (Å²) < 4.78 is 0. The Hall–Kier alpha value is -3.40. The molecular formula is C37H45N3. The zero-order chi connectivity index (χ0) is 27.6. The van der Waals surface area contributed by atoms with Crippen molar-refractivity contribution in [1.82, 2.24) is 5.32 Å². The summed E-state index contributed by atoms with van der Waals surface area (Å²) in [5.74, 6) is 2.13. The van der Waals surface area contributed by atoms with Crippen molar-refractivity contribution in [2.24, 2.45) is 35.1 Å². The van der Waals surface area contributed by atoms with Crippen molar-refractivity contribution in [2.45, 2.75) is 38.5 Å². The number of hydrogen-bond donors (Lipinski definition) is 3. The van der Waals surface area contributed by atoms with Gasteiger partial charge in [-0.05, 0) is 67.1 Å². The molecule has 0 saturated heterocycles. The topological polar surface area (TPSA) is 64.1 Å². The lowest BCUT2D eigenvalue weighted by Crippen LogP contribution is -2.28. The summed E-state index contributed by atoms with van der Waals surface area (Å²) in [7, 11) is 0. The monoisotopic (exact) mass is 531 g/mol. The van der Waals surface area contributed by atoms with Crippen molar-refractivity contribution in [3.8, 4) is 0 Å². The highest BCUT2D eigenvalue weighted by atomic mass is 14.8. The molecule has 0 saturated carbocycles. The van der Waals surface area contributed by atoms with Gasteiger partial charge in [0.25, 0.3) is 0 Å². The van der Waals surface area contributed by atoms with E-state index in [2.05, 4.69) is 90.5 Å². The fourth-order valence-electron chi connectivity index (χ4n) is 6.86. The number of allylic oxidation sites excluding steroid dienone is 20. The lowest BCUT2D eigenvalue weighted by molar-refractivity contribution is 0.398. The second-order valence-corrected chi connectivity index (χ2v) is 11.3. The van der Waals surface area contributed by atoms with E-state index >= 15 is 0 Å². The maximum atomic E-state index is 6.29. The first kappa shape index (κ1) is 28.1. The normalized spacial score (nSPS) is 28.8. The number of dihydropyridines is 1. The molecule has 1 heterocycles. The molecule has 5 aliphatic rings. The van der Waals surface area contributed by atoms with Gasteiger partial charge in [0.2, 0.25) is 0 Å². The SMILES string of the molecule is NC\C=C/C=C/C=C/C=C(\CN)C1CCC(C2CC=C(C3C=CC(C4=CNCC=C4)=CC3)CC2)=C2C=CC=CC21. The third-order valence-corrected chi connectivity index (χ3v) is 8.97. The molecule has 3 heteroatoms.